The van der Waals surface area contributed by atoms with Gasteiger partial charge in [0.2, 0.25) is 10.0 Å². The zero-order valence-electron chi connectivity index (χ0n) is 13.6. The number of piperidine rings is 1. The number of aryl methyl sites for hydroxylation is 2. The minimum absolute atomic E-state index is 0.215. The topological polar surface area (TPSA) is 81.0 Å². The molecule has 0 amide bonds. The van der Waals surface area contributed by atoms with Crippen molar-refractivity contribution in [3.8, 4) is 11.4 Å². The van der Waals surface area contributed by atoms with Crippen molar-refractivity contribution in [3.63, 3.8) is 0 Å². The second kappa shape index (κ2) is 6.01. The van der Waals surface area contributed by atoms with E-state index in [0.29, 0.717) is 12.4 Å². The molecular formula is C15H21N5O2S. The molecule has 0 N–H and O–H groups in total. The fourth-order valence-electron chi connectivity index (χ4n) is 3.12. The van der Waals surface area contributed by atoms with Crippen molar-refractivity contribution in [2.45, 2.75) is 32.2 Å². The van der Waals surface area contributed by atoms with Crippen LogP contribution in [0.3, 0.4) is 0 Å². The first-order chi connectivity index (χ1) is 10.9. The molecule has 3 rings (SSSR count). The largest absolute Gasteiger partial charge is 0.266 e. The van der Waals surface area contributed by atoms with E-state index in [1.807, 2.05) is 26.1 Å². The van der Waals surface area contributed by atoms with Crippen LogP contribution >= 0.6 is 0 Å². The van der Waals surface area contributed by atoms with Gasteiger partial charge < -0.3 is 0 Å². The van der Waals surface area contributed by atoms with Gasteiger partial charge in [0.25, 0.3) is 0 Å². The molecule has 7 nitrogen and oxygen atoms in total. The highest BCUT2D eigenvalue weighted by Crippen LogP contribution is 2.33. The van der Waals surface area contributed by atoms with E-state index in [1.165, 1.54) is 6.26 Å². The van der Waals surface area contributed by atoms with Gasteiger partial charge in [0.05, 0.1) is 29.4 Å². The number of hydrogen-bond donors (Lipinski definition) is 0. The Morgan fingerprint density at radius 2 is 2.04 bits per heavy atom. The molecule has 1 atom stereocenters. The van der Waals surface area contributed by atoms with E-state index < -0.39 is 10.0 Å². The van der Waals surface area contributed by atoms with Crippen molar-refractivity contribution in [1.29, 1.82) is 0 Å². The van der Waals surface area contributed by atoms with Gasteiger partial charge in [-0.1, -0.05) is 6.42 Å². The third kappa shape index (κ3) is 3.28. The van der Waals surface area contributed by atoms with Gasteiger partial charge in [0.1, 0.15) is 5.82 Å². The van der Waals surface area contributed by atoms with E-state index in [9.17, 15) is 8.42 Å². The van der Waals surface area contributed by atoms with Crippen molar-refractivity contribution < 1.29 is 8.42 Å². The van der Waals surface area contributed by atoms with Crippen LogP contribution in [-0.2, 0) is 17.1 Å². The Kier molecular flexibility index (Phi) is 4.20. The van der Waals surface area contributed by atoms with Crippen LogP contribution < -0.4 is 0 Å². The number of nitrogens with zero attached hydrogens (tertiary/aromatic N) is 5. The minimum atomic E-state index is -3.26. The molecule has 0 unspecified atom stereocenters. The van der Waals surface area contributed by atoms with Gasteiger partial charge in [-0.25, -0.2) is 18.4 Å². The molecule has 2 aromatic rings. The Morgan fingerprint density at radius 1 is 1.26 bits per heavy atom. The summed E-state index contributed by atoms with van der Waals surface area (Å²) in [6, 6.07) is 3.56. The molecule has 1 saturated heterocycles. The normalized spacial score (nSPS) is 19.9. The molecular weight excluding hydrogens is 314 g/mol. The minimum Gasteiger partial charge on any atom is -0.266 e. The average molecular weight is 335 g/mol. The zero-order chi connectivity index (χ0) is 16.6. The lowest BCUT2D eigenvalue weighted by Gasteiger charge is -2.33. The lowest BCUT2D eigenvalue weighted by atomic mass is 10.0. The highest BCUT2D eigenvalue weighted by Gasteiger charge is 2.32. The highest BCUT2D eigenvalue weighted by molar-refractivity contribution is 7.88. The van der Waals surface area contributed by atoms with Gasteiger partial charge in [-0.05, 0) is 31.9 Å². The van der Waals surface area contributed by atoms with E-state index in [2.05, 4.69) is 15.1 Å². The van der Waals surface area contributed by atoms with Crippen LogP contribution in [0.5, 0.6) is 0 Å². The quantitative estimate of drug-likeness (QED) is 0.852. The van der Waals surface area contributed by atoms with Crippen LogP contribution in [0.15, 0.2) is 18.3 Å². The lowest BCUT2D eigenvalue weighted by Crippen LogP contribution is -2.38. The maximum atomic E-state index is 12.1. The smallest absolute Gasteiger partial charge is 0.211 e. The first kappa shape index (κ1) is 16.1. The summed E-state index contributed by atoms with van der Waals surface area (Å²) in [6.07, 6.45) is 5.66. The van der Waals surface area contributed by atoms with Crippen LogP contribution in [-0.4, -0.2) is 45.3 Å². The molecule has 0 saturated carbocycles. The van der Waals surface area contributed by atoms with E-state index in [0.717, 1.165) is 36.3 Å². The monoisotopic (exact) mass is 335 g/mol. The first-order valence-corrected chi connectivity index (χ1v) is 9.52. The van der Waals surface area contributed by atoms with Gasteiger partial charge in [0.15, 0.2) is 0 Å². The molecule has 3 heterocycles. The molecule has 0 spiro atoms. The summed E-state index contributed by atoms with van der Waals surface area (Å²) in [7, 11) is -1.40. The first-order valence-electron chi connectivity index (χ1n) is 7.67. The highest BCUT2D eigenvalue weighted by atomic mass is 32.2. The molecule has 8 heteroatoms. The number of rotatable bonds is 3. The molecule has 1 aliphatic heterocycles. The molecule has 1 fully saturated rings. The molecule has 2 aromatic heterocycles. The number of sulfonamides is 1. The Labute approximate surface area is 136 Å². The van der Waals surface area contributed by atoms with Crippen molar-refractivity contribution in [1.82, 2.24) is 24.1 Å². The summed E-state index contributed by atoms with van der Waals surface area (Å²) in [5, 5.41) is 4.17. The SMILES string of the molecule is Cc1nc(-c2ccnn2C)cc([C@H]2CCCCN2S(C)(=O)=O)n1. The molecule has 23 heavy (non-hydrogen) atoms. The predicted octanol–water partition coefficient (Wildman–Crippen LogP) is 1.67. The van der Waals surface area contributed by atoms with E-state index in [1.54, 1.807) is 15.2 Å². The van der Waals surface area contributed by atoms with Gasteiger partial charge in [-0.15, -0.1) is 0 Å². The molecule has 0 aromatic carbocycles. The Bertz CT molecular complexity index is 815. The molecule has 1 aliphatic rings. The summed E-state index contributed by atoms with van der Waals surface area (Å²) in [5.41, 5.74) is 2.42. The van der Waals surface area contributed by atoms with E-state index in [-0.39, 0.29) is 6.04 Å². The lowest BCUT2D eigenvalue weighted by molar-refractivity contribution is 0.252. The molecule has 0 bridgehead atoms. The van der Waals surface area contributed by atoms with Gasteiger partial charge in [-0.3, -0.25) is 4.68 Å². The Balaban J connectivity index is 2.05. The summed E-state index contributed by atoms with van der Waals surface area (Å²) < 4.78 is 27.5. The second-order valence-electron chi connectivity index (χ2n) is 5.95. The van der Waals surface area contributed by atoms with Crippen molar-refractivity contribution in [2.24, 2.45) is 7.05 Å². The summed E-state index contributed by atoms with van der Waals surface area (Å²) in [4.78, 5) is 8.99. The Hall–Kier alpha value is -1.80. The molecule has 0 radical (unpaired) electrons. The molecule has 0 aliphatic carbocycles. The van der Waals surface area contributed by atoms with Gasteiger partial charge in [0, 0.05) is 19.8 Å². The standard InChI is InChI=1S/C15H21N5O2S/c1-11-17-12(14-7-8-16-19(14)2)10-13(18-11)15-6-4-5-9-20(15)23(3,21)22/h7-8,10,15H,4-6,9H2,1-3H3/t15-/m1/s1. The predicted molar refractivity (Wildman–Crippen MR) is 87.1 cm³/mol. The van der Waals surface area contributed by atoms with Gasteiger partial charge in [-0.2, -0.15) is 9.40 Å². The Morgan fingerprint density at radius 3 is 2.70 bits per heavy atom. The van der Waals surface area contributed by atoms with E-state index in [4.69, 9.17) is 0 Å². The average Bonchev–Trinajstić information content (AvgIpc) is 2.92. The maximum Gasteiger partial charge on any atom is 0.211 e. The summed E-state index contributed by atoms with van der Waals surface area (Å²) in [6.45, 7) is 2.38. The van der Waals surface area contributed by atoms with Crippen LogP contribution in [0, 0.1) is 6.92 Å². The van der Waals surface area contributed by atoms with Crippen LogP contribution in [0.4, 0.5) is 0 Å². The van der Waals surface area contributed by atoms with E-state index >= 15 is 0 Å². The third-order valence-electron chi connectivity index (χ3n) is 4.16. The van der Waals surface area contributed by atoms with Crippen molar-refractivity contribution in [2.75, 3.05) is 12.8 Å². The van der Waals surface area contributed by atoms with Gasteiger partial charge >= 0.3 is 0 Å². The molecule has 124 valence electrons. The van der Waals surface area contributed by atoms with Crippen LogP contribution in [0.2, 0.25) is 0 Å². The number of hydrogen-bond acceptors (Lipinski definition) is 5. The fourth-order valence-corrected chi connectivity index (χ4v) is 4.25. The van der Waals surface area contributed by atoms with Crippen LogP contribution in [0.1, 0.15) is 36.8 Å². The van der Waals surface area contributed by atoms with Crippen molar-refractivity contribution in [3.05, 3.63) is 29.8 Å². The third-order valence-corrected chi connectivity index (χ3v) is 5.45. The van der Waals surface area contributed by atoms with Crippen molar-refractivity contribution >= 4 is 10.0 Å². The zero-order valence-corrected chi connectivity index (χ0v) is 14.4. The fraction of sp³-hybridized carbons (Fsp3) is 0.533. The summed E-state index contributed by atoms with van der Waals surface area (Å²) >= 11 is 0. The maximum absolute atomic E-state index is 12.1. The second-order valence-corrected chi connectivity index (χ2v) is 7.89. The van der Waals surface area contributed by atoms with Crippen LogP contribution in [0.25, 0.3) is 11.4 Å². The number of aromatic nitrogens is 4. The summed E-state index contributed by atoms with van der Waals surface area (Å²) in [5.74, 6) is 0.637.